The largest absolute Gasteiger partial charge is 0.349 e. The van der Waals surface area contributed by atoms with Crippen molar-refractivity contribution in [3.8, 4) is 0 Å². The smallest absolute Gasteiger partial charge is 0.239 e. The number of fused-ring (bicyclic) bond motifs is 1. The Labute approximate surface area is 157 Å². The van der Waals surface area contributed by atoms with E-state index in [0.29, 0.717) is 11.7 Å². The van der Waals surface area contributed by atoms with Crippen molar-refractivity contribution in [2.24, 2.45) is 5.92 Å². The van der Waals surface area contributed by atoms with Gasteiger partial charge in [0.1, 0.15) is 0 Å². The van der Waals surface area contributed by atoms with E-state index in [4.69, 9.17) is 12.2 Å². The van der Waals surface area contributed by atoms with E-state index >= 15 is 0 Å². The lowest BCUT2D eigenvalue weighted by molar-refractivity contribution is -0.131. The number of benzene rings is 2. The van der Waals surface area contributed by atoms with Crippen molar-refractivity contribution in [2.45, 2.75) is 18.8 Å². The molecule has 25 heavy (non-hydrogen) atoms. The molecule has 0 saturated carbocycles. The molecule has 0 aliphatic carbocycles. The molecule has 2 heterocycles. The topological polar surface area (TPSA) is 32.3 Å². The molecule has 2 aromatic carbocycles. The summed E-state index contributed by atoms with van der Waals surface area (Å²) in [6, 6.07) is 18.3. The van der Waals surface area contributed by atoms with Gasteiger partial charge in [0.05, 0.1) is 17.8 Å². The molecule has 2 aliphatic heterocycles. The second-order valence-electron chi connectivity index (χ2n) is 6.33. The van der Waals surface area contributed by atoms with E-state index in [1.54, 1.807) is 16.7 Å². The van der Waals surface area contributed by atoms with Gasteiger partial charge in [0.15, 0.2) is 5.11 Å². The predicted octanol–water partition coefficient (Wildman–Crippen LogP) is 3.94. The van der Waals surface area contributed by atoms with Gasteiger partial charge in [0, 0.05) is 0 Å². The molecular weight excluding hydrogens is 348 g/mol. The van der Waals surface area contributed by atoms with Crippen LogP contribution in [0.2, 0.25) is 0 Å². The number of hydrogen-bond acceptors (Lipinski definition) is 3. The highest BCUT2D eigenvalue weighted by molar-refractivity contribution is 8.03. The molecule has 2 aliphatic rings. The lowest BCUT2D eigenvalue weighted by Gasteiger charge is -2.37. The Morgan fingerprint density at radius 3 is 2.56 bits per heavy atom. The highest BCUT2D eigenvalue weighted by atomic mass is 32.2. The molecule has 1 fully saturated rings. The quantitative estimate of drug-likeness (QED) is 0.834. The van der Waals surface area contributed by atoms with E-state index in [1.807, 2.05) is 30.3 Å². The number of carbonyl (C=O) groups is 1. The lowest BCUT2D eigenvalue weighted by atomic mass is 9.91. The van der Waals surface area contributed by atoms with Crippen LogP contribution in [-0.2, 0) is 11.3 Å². The number of aryl methyl sites for hydroxylation is 1. The third-order valence-corrected chi connectivity index (χ3v) is 6.00. The van der Waals surface area contributed by atoms with Crippen LogP contribution in [0, 0.1) is 12.8 Å². The van der Waals surface area contributed by atoms with E-state index in [9.17, 15) is 4.79 Å². The van der Waals surface area contributed by atoms with Crippen molar-refractivity contribution in [3.05, 3.63) is 76.7 Å². The number of thiocarbonyl (C=S) groups is 1. The van der Waals surface area contributed by atoms with E-state index in [0.717, 1.165) is 16.7 Å². The third kappa shape index (κ3) is 3.10. The summed E-state index contributed by atoms with van der Waals surface area (Å²) in [7, 11) is 0. The second-order valence-corrected chi connectivity index (χ2v) is 7.74. The van der Waals surface area contributed by atoms with Crippen LogP contribution in [0.5, 0.6) is 0 Å². The fourth-order valence-electron chi connectivity index (χ4n) is 3.22. The van der Waals surface area contributed by atoms with Crippen molar-refractivity contribution in [3.63, 3.8) is 0 Å². The predicted molar refractivity (Wildman–Crippen MR) is 107 cm³/mol. The monoisotopic (exact) mass is 366 g/mol. The summed E-state index contributed by atoms with van der Waals surface area (Å²) in [5.41, 5.74) is 4.47. The molecule has 1 amide bonds. The minimum Gasteiger partial charge on any atom is -0.349 e. The van der Waals surface area contributed by atoms with Gasteiger partial charge in [-0.25, -0.2) is 0 Å². The molecule has 1 saturated heterocycles. The van der Waals surface area contributed by atoms with Crippen molar-refractivity contribution in [1.29, 1.82) is 0 Å². The van der Waals surface area contributed by atoms with Gasteiger partial charge in [-0.05, 0) is 41.2 Å². The Morgan fingerprint density at radius 1 is 1.12 bits per heavy atom. The maximum atomic E-state index is 13.2. The number of carbonyl (C=O) groups excluding carboxylic acids is 1. The molecule has 0 bridgehead atoms. The first kappa shape index (κ1) is 16.4. The van der Waals surface area contributed by atoms with E-state index in [-0.39, 0.29) is 17.2 Å². The molecule has 2 aromatic rings. The molecule has 4 rings (SSSR count). The standard InChI is InChI=1S/C20H18N2OS2/c1-13-7-9-15(10-8-13)16-12-25-18-17(16)19(23)22(20(24)21-18)11-14-5-3-2-4-6-14/h2-10,12,17-18H,11H2,1H3,(H,21,24). The maximum absolute atomic E-state index is 13.2. The Bertz CT molecular complexity index is 846. The maximum Gasteiger partial charge on any atom is 0.239 e. The van der Waals surface area contributed by atoms with Gasteiger partial charge < -0.3 is 5.32 Å². The second kappa shape index (κ2) is 6.65. The van der Waals surface area contributed by atoms with Crippen LogP contribution in [0.1, 0.15) is 16.7 Å². The van der Waals surface area contributed by atoms with Gasteiger partial charge >= 0.3 is 0 Å². The van der Waals surface area contributed by atoms with Gasteiger partial charge in [-0.3, -0.25) is 9.69 Å². The Kier molecular flexibility index (Phi) is 4.36. The fourth-order valence-corrected chi connectivity index (χ4v) is 4.75. The van der Waals surface area contributed by atoms with Crippen LogP contribution in [-0.4, -0.2) is 21.3 Å². The minimum atomic E-state index is -0.205. The highest BCUT2D eigenvalue weighted by Gasteiger charge is 2.44. The van der Waals surface area contributed by atoms with Crippen molar-refractivity contribution < 1.29 is 4.79 Å². The minimum absolute atomic E-state index is 0.0108. The third-order valence-electron chi connectivity index (χ3n) is 4.59. The van der Waals surface area contributed by atoms with Crippen LogP contribution in [0.15, 0.2) is 60.0 Å². The van der Waals surface area contributed by atoms with Gasteiger partial charge in [-0.1, -0.05) is 60.2 Å². The molecule has 0 spiro atoms. The summed E-state index contributed by atoms with van der Waals surface area (Å²) in [5.74, 6) is -0.127. The highest BCUT2D eigenvalue weighted by Crippen LogP contribution is 2.43. The average Bonchev–Trinajstić information content (AvgIpc) is 3.04. The molecule has 0 radical (unpaired) electrons. The van der Waals surface area contributed by atoms with Crippen molar-refractivity contribution in [2.75, 3.05) is 0 Å². The number of nitrogens with zero attached hydrogens (tertiary/aromatic N) is 1. The number of amides is 1. The molecule has 2 atom stereocenters. The summed E-state index contributed by atoms with van der Waals surface area (Å²) < 4.78 is 0. The van der Waals surface area contributed by atoms with E-state index < -0.39 is 0 Å². The number of rotatable bonds is 3. The van der Waals surface area contributed by atoms with Crippen LogP contribution >= 0.6 is 24.0 Å². The zero-order valence-corrected chi connectivity index (χ0v) is 15.4. The fraction of sp³-hybridized carbons (Fsp3) is 0.200. The first-order chi connectivity index (χ1) is 12.1. The van der Waals surface area contributed by atoms with Crippen LogP contribution < -0.4 is 5.32 Å². The number of hydrogen-bond donors (Lipinski definition) is 1. The summed E-state index contributed by atoms with van der Waals surface area (Å²) in [4.78, 5) is 14.9. The SMILES string of the molecule is Cc1ccc(C2=CSC3NC(=S)N(Cc4ccccc4)C(=O)C23)cc1. The van der Waals surface area contributed by atoms with E-state index in [1.165, 1.54) is 5.56 Å². The average molecular weight is 367 g/mol. The molecule has 5 heteroatoms. The molecule has 0 aromatic heterocycles. The van der Waals surface area contributed by atoms with Gasteiger partial charge in [-0.15, -0.1) is 11.8 Å². The zero-order valence-electron chi connectivity index (χ0n) is 13.8. The Balaban J connectivity index is 1.61. The number of thioether (sulfide) groups is 1. The summed E-state index contributed by atoms with van der Waals surface area (Å²) in [6.07, 6.45) is 0. The summed E-state index contributed by atoms with van der Waals surface area (Å²) in [6.45, 7) is 2.57. The molecule has 1 N–H and O–H groups in total. The first-order valence-corrected chi connectivity index (χ1v) is 9.57. The Morgan fingerprint density at radius 2 is 1.84 bits per heavy atom. The van der Waals surface area contributed by atoms with Crippen LogP contribution in [0.3, 0.4) is 0 Å². The van der Waals surface area contributed by atoms with Gasteiger partial charge in [0.25, 0.3) is 0 Å². The molecule has 3 nitrogen and oxygen atoms in total. The van der Waals surface area contributed by atoms with Gasteiger partial charge in [0.2, 0.25) is 5.91 Å². The first-order valence-electron chi connectivity index (χ1n) is 8.22. The zero-order chi connectivity index (χ0) is 17.4. The summed E-state index contributed by atoms with van der Waals surface area (Å²) in [5, 5.41) is 5.94. The summed E-state index contributed by atoms with van der Waals surface area (Å²) >= 11 is 7.10. The lowest BCUT2D eigenvalue weighted by Crippen LogP contribution is -2.57. The van der Waals surface area contributed by atoms with Crippen LogP contribution in [0.4, 0.5) is 0 Å². The molecule has 126 valence electrons. The number of nitrogens with one attached hydrogen (secondary N) is 1. The van der Waals surface area contributed by atoms with Gasteiger partial charge in [-0.2, -0.15) is 0 Å². The Hall–Kier alpha value is -2.11. The van der Waals surface area contributed by atoms with Crippen LogP contribution in [0.25, 0.3) is 5.57 Å². The van der Waals surface area contributed by atoms with Crippen molar-refractivity contribution >= 4 is 40.6 Å². The van der Waals surface area contributed by atoms with Crippen molar-refractivity contribution in [1.82, 2.24) is 10.2 Å². The normalized spacial score (nSPS) is 22.4. The van der Waals surface area contributed by atoms with E-state index in [2.05, 4.69) is 41.9 Å². The molecule has 2 unspecified atom stereocenters. The molecular formula is C20H18N2OS2.